The average molecular weight is 346 g/mol. The summed E-state index contributed by atoms with van der Waals surface area (Å²) in [5.74, 6) is 0.825. The number of aliphatic hydroxyl groups excluding tert-OH is 1. The molecule has 3 rings (SSSR count). The highest BCUT2D eigenvalue weighted by molar-refractivity contribution is 5.86. The molecule has 1 aliphatic heterocycles. The summed E-state index contributed by atoms with van der Waals surface area (Å²) >= 11 is 0. The SMILES string of the molecule is Cc1cc2c(OCC(O)CN3CCC(NCCN)CC3)cccc2[nH]1. The highest BCUT2D eigenvalue weighted by atomic mass is 16.5. The molecule has 0 bridgehead atoms. The summed E-state index contributed by atoms with van der Waals surface area (Å²) in [4.78, 5) is 5.62. The monoisotopic (exact) mass is 346 g/mol. The molecule has 5 N–H and O–H groups in total. The Morgan fingerprint density at radius 3 is 2.96 bits per heavy atom. The third kappa shape index (κ3) is 4.95. The van der Waals surface area contributed by atoms with Crippen LogP contribution < -0.4 is 15.8 Å². The molecule has 1 unspecified atom stereocenters. The van der Waals surface area contributed by atoms with Crippen molar-refractivity contribution in [2.24, 2.45) is 5.73 Å². The number of aliphatic hydroxyl groups is 1. The van der Waals surface area contributed by atoms with E-state index in [4.69, 9.17) is 10.5 Å². The zero-order valence-electron chi connectivity index (χ0n) is 15.0. The van der Waals surface area contributed by atoms with Crippen LogP contribution in [-0.4, -0.2) is 66.5 Å². The fraction of sp³-hybridized carbons (Fsp3) is 0.579. The van der Waals surface area contributed by atoms with Gasteiger partial charge in [-0.1, -0.05) is 6.07 Å². The van der Waals surface area contributed by atoms with Gasteiger partial charge in [0.25, 0.3) is 0 Å². The zero-order chi connectivity index (χ0) is 17.6. The number of nitrogens with two attached hydrogens (primary N) is 1. The van der Waals surface area contributed by atoms with Gasteiger partial charge in [-0.2, -0.15) is 0 Å². The van der Waals surface area contributed by atoms with Crippen LogP contribution in [0.5, 0.6) is 5.75 Å². The fourth-order valence-electron chi connectivity index (χ4n) is 3.54. The number of benzene rings is 1. The lowest BCUT2D eigenvalue weighted by atomic mass is 10.0. The van der Waals surface area contributed by atoms with E-state index in [2.05, 4.69) is 21.3 Å². The van der Waals surface area contributed by atoms with Gasteiger partial charge in [-0.05, 0) is 51.1 Å². The van der Waals surface area contributed by atoms with E-state index in [1.165, 1.54) is 0 Å². The van der Waals surface area contributed by atoms with Gasteiger partial charge in [-0.25, -0.2) is 0 Å². The van der Waals surface area contributed by atoms with Gasteiger partial charge in [-0.3, -0.25) is 0 Å². The molecule has 0 amide bonds. The largest absolute Gasteiger partial charge is 0.490 e. The molecule has 138 valence electrons. The van der Waals surface area contributed by atoms with E-state index >= 15 is 0 Å². The predicted octanol–water partition coefficient (Wildman–Crippen LogP) is 1.23. The number of hydrogen-bond donors (Lipinski definition) is 4. The maximum atomic E-state index is 10.3. The first-order valence-corrected chi connectivity index (χ1v) is 9.20. The minimum absolute atomic E-state index is 0.314. The summed E-state index contributed by atoms with van der Waals surface area (Å²) in [7, 11) is 0. The summed E-state index contributed by atoms with van der Waals surface area (Å²) in [6.45, 7) is 6.58. The molecular weight excluding hydrogens is 316 g/mol. The number of nitrogens with one attached hydrogen (secondary N) is 2. The Hall–Kier alpha value is -1.60. The first-order chi connectivity index (χ1) is 12.2. The van der Waals surface area contributed by atoms with Gasteiger partial charge in [0.2, 0.25) is 0 Å². The van der Waals surface area contributed by atoms with Gasteiger partial charge < -0.3 is 30.8 Å². The number of likely N-dealkylation sites (tertiary alicyclic amines) is 1. The smallest absolute Gasteiger partial charge is 0.128 e. The average Bonchev–Trinajstić information content (AvgIpc) is 3.00. The van der Waals surface area contributed by atoms with Crippen molar-refractivity contribution in [3.8, 4) is 5.75 Å². The van der Waals surface area contributed by atoms with Crippen LogP contribution in [0.4, 0.5) is 0 Å². The topological polar surface area (TPSA) is 86.5 Å². The van der Waals surface area contributed by atoms with Crippen molar-refractivity contribution in [1.29, 1.82) is 0 Å². The van der Waals surface area contributed by atoms with E-state index in [0.717, 1.165) is 54.8 Å². The predicted molar refractivity (Wildman–Crippen MR) is 101 cm³/mol. The second-order valence-corrected chi connectivity index (χ2v) is 6.95. The summed E-state index contributed by atoms with van der Waals surface area (Å²) in [6, 6.07) is 8.60. The highest BCUT2D eigenvalue weighted by Crippen LogP contribution is 2.26. The summed E-state index contributed by atoms with van der Waals surface area (Å²) < 4.78 is 5.89. The van der Waals surface area contributed by atoms with Gasteiger partial charge in [0, 0.05) is 42.3 Å². The highest BCUT2D eigenvalue weighted by Gasteiger charge is 2.20. The minimum atomic E-state index is -0.483. The van der Waals surface area contributed by atoms with Crippen molar-refractivity contribution in [2.75, 3.05) is 39.3 Å². The second kappa shape index (κ2) is 8.67. The van der Waals surface area contributed by atoms with Crippen LogP contribution in [0.15, 0.2) is 24.3 Å². The quantitative estimate of drug-likeness (QED) is 0.578. The van der Waals surface area contributed by atoms with E-state index in [0.29, 0.717) is 25.7 Å². The number of aromatic nitrogens is 1. The standard InChI is InChI=1S/C19H30N4O2/c1-14-11-17-18(22-14)3-2-4-19(17)25-13-16(24)12-23-9-5-15(6-10-23)21-8-7-20/h2-4,11,15-16,21-22,24H,5-10,12-13,20H2,1H3. The Balaban J connectivity index is 1.44. The van der Waals surface area contributed by atoms with Crippen LogP contribution >= 0.6 is 0 Å². The van der Waals surface area contributed by atoms with Crippen molar-refractivity contribution in [3.63, 3.8) is 0 Å². The summed E-state index contributed by atoms with van der Waals surface area (Å²) in [6.07, 6.45) is 1.73. The number of rotatable bonds is 8. The number of nitrogens with zero attached hydrogens (tertiary/aromatic N) is 1. The van der Waals surface area contributed by atoms with Crippen LogP contribution in [0.3, 0.4) is 0 Å². The van der Waals surface area contributed by atoms with E-state index in [1.807, 2.05) is 25.1 Å². The first-order valence-electron chi connectivity index (χ1n) is 9.20. The molecule has 2 aromatic rings. The molecule has 25 heavy (non-hydrogen) atoms. The maximum absolute atomic E-state index is 10.3. The number of fused-ring (bicyclic) bond motifs is 1. The van der Waals surface area contributed by atoms with E-state index in [-0.39, 0.29) is 0 Å². The van der Waals surface area contributed by atoms with Gasteiger partial charge in [0.05, 0.1) is 0 Å². The molecule has 0 spiro atoms. The molecule has 1 saturated heterocycles. The van der Waals surface area contributed by atoms with Crippen LogP contribution in [-0.2, 0) is 0 Å². The lowest BCUT2D eigenvalue weighted by Gasteiger charge is -2.33. The zero-order valence-corrected chi connectivity index (χ0v) is 15.0. The Kier molecular flexibility index (Phi) is 6.31. The number of ether oxygens (including phenoxy) is 1. The van der Waals surface area contributed by atoms with E-state index in [1.54, 1.807) is 0 Å². The lowest BCUT2D eigenvalue weighted by Crippen LogP contribution is -2.46. The Morgan fingerprint density at radius 2 is 2.20 bits per heavy atom. The lowest BCUT2D eigenvalue weighted by molar-refractivity contribution is 0.0584. The molecule has 6 nitrogen and oxygen atoms in total. The third-order valence-electron chi connectivity index (χ3n) is 4.82. The third-order valence-corrected chi connectivity index (χ3v) is 4.82. The maximum Gasteiger partial charge on any atom is 0.128 e. The van der Waals surface area contributed by atoms with Crippen molar-refractivity contribution in [1.82, 2.24) is 15.2 Å². The molecule has 1 aromatic heterocycles. The molecule has 0 radical (unpaired) electrons. The summed E-state index contributed by atoms with van der Waals surface area (Å²) in [5.41, 5.74) is 7.71. The molecule has 6 heteroatoms. The van der Waals surface area contributed by atoms with Crippen molar-refractivity contribution >= 4 is 10.9 Å². The van der Waals surface area contributed by atoms with Gasteiger partial charge in [0.15, 0.2) is 0 Å². The molecule has 2 heterocycles. The van der Waals surface area contributed by atoms with Gasteiger partial charge in [-0.15, -0.1) is 0 Å². The summed E-state index contributed by atoms with van der Waals surface area (Å²) in [5, 5.41) is 14.9. The Labute approximate surface area is 149 Å². The van der Waals surface area contributed by atoms with Crippen molar-refractivity contribution < 1.29 is 9.84 Å². The van der Waals surface area contributed by atoms with Crippen molar-refractivity contribution in [3.05, 3.63) is 30.0 Å². The first kappa shape index (κ1) is 18.2. The number of β-amino-alcohol motifs (C(OH)–C–C–N with tert-alkyl or cyclic N) is 1. The number of aromatic amines is 1. The number of hydrogen-bond acceptors (Lipinski definition) is 5. The number of H-pyrrole nitrogens is 1. The molecule has 0 saturated carbocycles. The van der Waals surface area contributed by atoms with Crippen LogP contribution in [0.2, 0.25) is 0 Å². The van der Waals surface area contributed by atoms with Crippen LogP contribution in [0, 0.1) is 6.92 Å². The molecule has 1 aliphatic rings. The Morgan fingerprint density at radius 1 is 1.40 bits per heavy atom. The molecule has 0 aliphatic carbocycles. The molecular formula is C19H30N4O2. The van der Waals surface area contributed by atoms with Gasteiger partial charge in [0.1, 0.15) is 18.5 Å². The van der Waals surface area contributed by atoms with E-state index < -0.39 is 6.10 Å². The van der Waals surface area contributed by atoms with Crippen LogP contribution in [0.25, 0.3) is 10.9 Å². The fourth-order valence-corrected chi connectivity index (χ4v) is 3.54. The van der Waals surface area contributed by atoms with Gasteiger partial charge >= 0.3 is 0 Å². The molecule has 1 fully saturated rings. The molecule has 1 aromatic carbocycles. The van der Waals surface area contributed by atoms with Crippen molar-refractivity contribution in [2.45, 2.75) is 31.9 Å². The number of piperidine rings is 1. The van der Waals surface area contributed by atoms with E-state index in [9.17, 15) is 5.11 Å². The Bertz CT molecular complexity index is 664. The normalized spacial score (nSPS) is 17.9. The molecule has 1 atom stereocenters. The number of aryl methyl sites for hydroxylation is 1. The van der Waals surface area contributed by atoms with Crippen LogP contribution in [0.1, 0.15) is 18.5 Å². The second-order valence-electron chi connectivity index (χ2n) is 6.95. The minimum Gasteiger partial charge on any atom is -0.490 e.